The maximum atomic E-state index is 11.5. The van der Waals surface area contributed by atoms with Crippen LogP contribution in [0, 0.1) is 6.92 Å². The lowest BCUT2D eigenvalue weighted by Gasteiger charge is -1.98. The van der Waals surface area contributed by atoms with Crippen molar-refractivity contribution in [2.45, 2.75) is 13.5 Å². The fourth-order valence-corrected chi connectivity index (χ4v) is 1.12. The molecule has 0 aliphatic carbocycles. The van der Waals surface area contributed by atoms with Gasteiger partial charge in [-0.25, -0.2) is 4.98 Å². The standard InChI is InChI=1S/C9H10N4O2/c1-6-4-7(13-15-6)9(14)12-5-8-10-2-3-11-8/h2-4H,5H2,1H3,(H,10,11)(H,12,14). The average molecular weight is 206 g/mol. The molecule has 6 nitrogen and oxygen atoms in total. The number of carbonyl (C=O) groups excluding carboxylic acids is 1. The van der Waals surface area contributed by atoms with Gasteiger partial charge in [0.25, 0.3) is 5.91 Å². The molecule has 0 aromatic carbocycles. The monoisotopic (exact) mass is 206 g/mol. The number of nitrogens with zero attached hydrogens (tertiary/aromatic N) is 2. The van der Waals surface area contributed by atoms with E-state index in [4.69, 9.17) is 4.52 Å². The zero-order chi connectivity index (χ0) is 10.7. The van der Waals surface area contributed by atoms with Crippen molar-refractivity contribution in [3.8, 4) is 0 Å². The Balaban J connectivity index is 1.93. The second-order valence-corrected chi connectivity index (χ2v) is 3.04. The Morgan fingerprint density at radius 3 is 3.13 bits per heavy atom. The van der Waals surface area contributed by atoms with Crippen LogP contribution in [-0.4, -0.2) is 21.0 Å². The highest BCUT2D eigenvalue weighted by Gasteiger charge is 2.10. The van der Waals surface area contributed by atoms with Gasteiger partial charge in [0, 0.05) is 18.5 Å². The molecule has 0 spiro atoms. The molecule has 2 heterocycles. The van der Waals surface area contributed by atoms with E-state index in [1.165, 1.54) is 0 Å². The number of H-pyrrole nitrogens is 1. The molecule has 0 fully saturated rings. The topological polar surface area (TPSA) is 83.8 Å². The third kappa shape index (κ3) is 2.22. The normalized spacial score (nSPS) is 10.2. The summed E-state index contributed by atoms with van der Waals surface area (Å²) in [6, 6.07) is 1.58. The molecular formula is C9H10N4O2. The maximum absolute atomic E-state index is 11.5. The molecule has 6 heteroatoms. The summed E-state index contributed by atoms with van der Waals surface area (Å²) in [5, 5.41) is 6.26. The summed E-state index contributed by atoms with van der Waals surface area (Å²) in [5.74, 6) is 1.03. The Morgan fingerprint density at radius 2 is 2.53 bits per heavy atom. The summed E-state index contributed by atoms with van der Waals surface area (Å²) in [5.41, 5.74) is 0.277. The third-order valence-corrected chi connectivity index (χ3v) is 1.83. The smallest absolute Gasteiger partial charge is 0.273 e. The Kier molecular flexibility index (Phi) is 2.49. The number of aryl methyl sites for hydroxylation is 1. The SMILES string of the molecule is Cc1cc(C(=O)NCc2ncc[nH]2)no1. The van der Waals surface area contributed by atoms with Crippen LogP contribution in [0.15, 0.2) is 23.0 Å². The molecule has 0 radical (unpaired) electrons. The van der Waals surface area contributed by atoms with Crippen molar-refractivity contribution in [3.05, 3.63) is 35.7 Å². The molecule has 0 unspecified atom stereocenters. The molecule has 0 atom stereocenters. The number of aromatic nitrogens is 3. The summed E-state index contributed by atoms with van der Waals surface area (Å²) >= 11 is 0. The highest BCUT2D eigenvalue weighted by atomic mass is 16.5. The van der Waals surface area contributed by atoms with Gasteiger partial charge in [-0.3, -0.25) is 4.79 Å². The Hall–Kier alpha value is -2.11. The van der Waals surface area contributed by atoms with Crippen LogP contribution in [0.2, 0.25) is 0 Å². The van der Waals surface area contributed by atoms with Crippen LogP contribution >= 0.6 is 0 Å². The first kappa shape index (κ1) is 9.45. The van der Waals surface area contributed by atoms with Crippen LogP contribution in [0.4, 0.5) is 0 Å². The van der Waals surface area contributed by atoms with Crippen LogP contribution < -0.4 is 5.32 Å². The van der Waals surface area contributed by atoms with Gasteiger partial charge in [-0.15, -0.1) is 0 Å². The molecule has 0 bridgehead atoms. The number of rotatable bonds is 3. The Bertz CT molecular complexity index is 446. The van der Waals surface area contributed by atoms with E-state index in [1.807, 2.05) is 0 Å². The lowest BCUT2D eigenvalue weighted by Crippen LogP contribution is -2.23. The molecular weight excluding hydrogens is 196 g/mol. The van der Waals surface area contributed by atoms with Crippen molar-refractivity contribution >= 4 is 5.91 Å². The maximum Gasteiger partial charge on any atom is 0.273 e. The second kappa shape index (κ2) is 3.95. The predicted octanol–water partition coefficient (Wildman–Crippen LogP) is 0.636. The van der Waals surface area contributed by atoms with E-state index < -0.39 is 0 Å². The molecule has 2 rings (SSSR count). The molecule has 2 aromatic rings. The summed E-state index contributed by atoms with van der Waals surface area (Å²) in [6.07, 6.45) is 3.32. The van der Waals surface area contributed by atoms with E-state index >= 15 is 0 Å². The van der Waals surface area contributed by atoms with Crippen molar-refractivity contribution in [2.75, 3.05) is 0 Å². The van der Waals surface area contributed by atoms with E-state index in [-0.39, 0.29) is 11.6 Å². The summed E-state index contributed by atoms with van der Waals surface area (Å²) in [7, 11) is 0. The van der Waals surface area contributed by atoms with E-state index in [9.17, 15) is 4.79 Å². The van der Waals surface area contributed by atoms with Crippen molar-refractivity contribution < 1.29 is 9.32 Å². The minimum Gasteiger partial charge on any atom is -0.361 e. The number of aromatic amines is 1. The largest absolute Gasteiger partial charge is 0.361 e. The van der Waals surface area contributed by atoms with Crippen LogP contribution in [0.25, 0.3) is 0 Å². The minimum atomic E-state index is -0.275. The van der Waals surface area contributed by atoms with Gasteiger partial charge in [0.05, 0.1) is 6.54 Å². The summed E-state index contributed by atoms with van der Waals surface area (Å²) in [6.45, 7) is 2.08. The lowest BCUT2D eigenvalue weighted by atomic mass is 10.3. The number of carbonyl (C=O) groups is 1. The highest BCUT2D eigenvalue weighted by molar-refractivity contribution is 5.92. The highest BCUT2D eigenvalue weighted by Crippen LogP contribution is 2.01. The zero-order valence-corrected chi connectivity index (χ0v) is 8.15. The first-order chi connectivity index (χ1) is 7.25. The van der Waals surface area contributed by atoms with Crippen LogP contribution in [0.3, 0.4) is 0 Å². The molecule has 0 saturated carbocycles. The molecule has 0 aliphatic heterocycles. The van der Waals surface area contributed by atoms with Crippen LogP contribution in [0.5, 0.6) is 0 Å². The van der Waals surface area contributed by atoms with Crippen molar-refractivity contribution in [3.63, 3.8) is 0 Å². The van der Waals surface area contributed by atoms with Crippen LogP contribution in [-0.2, 0) is 6.54 Å². The number of amides is 1. The molecule has 0 saturated heterocycles. The van der Waals surface area contributed by atoms with E-state index in [2.05, 4.69) is 20.4 Å². The van der Waals surface area contributed by atoms with Gasteiger partial charge in [-0.1, -0.05) is 5.16 Å². The van der Waals surface area contributed by atoms with Gasteiger partial charge >= 0.3 is 0 Å². The molecule has 78 valence electrons. The summed E-state index contributed by atoms with van der Waals surface area (Å²) < 4.78 is 4.79. The number of nitrogens with one attached hydrogen (secondary N) is 2. The predicted molar refractivity (Wildman–Crippen MR) is 51.0 cm³/mol. The van der Waals surface area contributed by atoms with Gasteiger partial charge < -0.3 is 14.8 Å². The Morgan fingerprint density at radius 1 is 1.67 bits per heavy atom. The lowest BCUT2D eigenvalue weighted by molar-refractivity contribution is 0.0941. The van der Waals surface area contributed by atoms with Gasteiger partial charge in [0.1, 0.15) is 11.6 Å². The quantitative estimate of drug-likeness (QED) is 0.771. The minimum absolute atomic E-state index is 0.275. The fraction of sp³-hybridized carbons (Fsp3) is 0.222. The second-order valence-electron chi connectivity index (χ2n) is 3.04. The van der Waals surface area contributed by atoms with E-state index in [0.29, 0.717) is 18.1 Å². The fourth-order valence-electron chi connectivity index (χ4n) is 1.12. The Labute approximate surface area is 85.7 Å². The van der Waals surface area contributed by atoms with Crippen molar-refractivity contribution in [1.29, 1.82) is 0 Å². The molecule has 15 heavy (non-hydrogen) atoms. The molecule has 0 aliphatic rings. The number of hydrogen-bond donors (Lipinski definition) is 2. The van der Waals surface area contributed by atoms with E-state index in [0.717, 1.165) is 0 Å². The molecule has 2 N–H and O–H groups in total. The molecule has 1 amide bonds. The first-order valence-corrected chi connectivity index (χ1v) is 4.45. The van der Waals surface area contributed by atoms with Crippen molar-refractivity contribution in [2.24, 2.45) is 0 Å². The van der Waals surface area contributed by atoms with Crippen molar-refractivity contribution in [1.82, 2.24) is 20.4 Å². The van der Waals surface area contributed by atoms with Crippen LogP contribution in [0.1, 0.15) is 22.1 Å². The molecule has 2 aromatic heterocycles. The average Bonchev–Trinajstić information content (AvgIpc) is 2.84. The first-order valence-electron chi connectivity index (χ1n) is 4.45. The summed E-state index contributed by atoms with van der Waals surface area (Å²) in [4.78, 5) is 18.3. The third-order valence-electron chi connectivity index (χ3n) is 1.83. The van der Waals surface area contributed by atoms with Gasteiger partial charge in [-0.05, 0) is 6.92 Å². The van der Waals surface area contributed by atoms with Gasteiger partial charge in [0.2, 0.25) is 0 Å². The number of hydrogen-bond acceptors (Lipinski definition) is 4. The van der Waals surface area contributed by atoms with Gasteiger partial charge in [-0.2, -0.15) is 0 Å². The van der Waals surface area contributed by atoms with Gasteiger partial charge in [0.15, 0.2) is 5.69 Å². The van der Waals surface area contributed by atoms with E-state index in [1.54, 1.807) is 25.4 Å². The zero-order valence-electron chi connectivity index (χ0n) is 8.15. The number of imidazole rings is 1.